The molecule has 3 N–H and O–H groups in total. The van der Waals surface area contributed by atoms with Crippen LogP contribution >= 0.6 is 0 Å². The molecule has 0 aromatic heterocycles. The fourth-order valence-electron chi connectivity index (χ4n) is 3.06. The molecule has 2 heterocycles. The van der Waals surface area contributed by atoms with Gasteiger partial charge in [0.1, 0.15) is 12.1 Å². The molecule has 2 aliphatic rings. The highest BCUT2D eigenvalue weighted by molar-refractivity contribution is 6.74. The number of nitrogens with zero attached hydrogens (tertiary/aromatic N) is 1. The van der Waals surface area contributed by atoms with Gasteiger partial charge in [0.2, 0.25) is 11.8 Å². The van der Waals surface area contributed by atoms with Crippen molar-refractivity contribution in [3.63, 3.8) is 0 Å². The van der Waals surface area contributed by atoms with Crippen LogP contribution in [0, 0.1) is 0 Å². The van der Waals surface area contributed by atoms with Crippen LogP contribution in [0.4, 0.5) is 0 Å². The van der Waals surface area contributed by atoms with Crippen molar-refractivity contribution in [2.45, 2.75) is 89.4 Å². The van der Waals surface area contributed by atoms with E-state index < -0.39 is 20.4 Å². The molecule has 0 radical (unpaired) electrons. The highest BCUT2D eigenvalue weighted by Crippen LogP contribution is 2.40. The molecule has 0 aromatic rings. The largest absolute Gasteiger partial charge is 0.415 e. The van der Waals surface area contributed by atoms with Crippen molar-refractivity contribution in [3.05, 3.63) is 0 Å². The van der Waals surface area contributed by atoms with E-state index in [2.05, 4.69) is 44.5 Å². The lowest BCUT2D eigenvalue weighted by Gasteiger charge is -2.36. The van der Waals surface area contributed by atoms with Crippen LogP contribution in [0.3, 0.4) is 0 Å². The first-order chi connectivity index (χ1) is 11.7. The van der Waals surface area contributed by atoms with Gasteiger partial charge in [-0.05, 0) is 38.9 Å². The molecule has 0 aromatic carbocycles. The second kappa shape index (κ2) is 6.89. The van der Waals surface area contributed by atoms with Gasteiger partial charge < -0.3 is 19.7 Å². The molecule has 2 fully saturated rings. The Bertz CT molecular complexity index is 568. The van der Waals surface area contributed by atoms with Crippen LogP contribution in [0.15, 0.2) is 0 Å². The summed E-state index contributed by atoms with van der Waals surface area (Å²) in [5, 5.41) is 15.6. The minimum Gasteiger partial charge on any atom is -0.415 e. The second-order valence-electron chi connectivity index (χ2n) is 9.99. The van der Waals surface area contributed by atoms with Crippen molar-refractivity contribution >= 4 is 20.1 Å². The van der Waals surface area contributed by atoms with Crippen LogP contribution in [0.2, 0.25) is 18.1 Å². The summed E-state index contributed by atoms with van der Waals surface area (Å²) in [6, 6.07) is -1.59. The zero-order valence-electron chi connectivity index (χ0n) is 17.3. The number of aliphatic hydroxyl groups is 1. The number of carbonyl (C=O) groups excluding carboxylic acids is 2. The zero-order valence-corrected chi connectivity index (χ0v) is 18.3. The summed E-state index contributed by atoms with van der Waals surface area (Å²) in [5.74, 6) is -0.297. The molecule has 7 nitrogen and oxygen atoms in total. The van der Waals surface area contributed by atoms with Gasteiger partial charge in [-0.1, -0.05) is 20.8 Å². The Morgan fingerprint density at radius 2 is 1.85 bits per heavy atom. The van der Waals surface area contributed by atoms with Crippen LogP contribution in [-0.2, 0) is 14.0 Å². The SMILES string of the molecule is CC(C)(C)NC(=O)[C@@H]1N[C@@H](CO)C(=O)N2[C@@H]1[C@H]2CO[Si](C)(C)C(C)(C)C. The number of hydrogen-bond acceptors (Lipinski definition) is 5. The van der Waals surface area contributed by atoms with Gasteiger partial charge in [-0.3, -0.25) is 14.9 Å². The number of fused-ring (bicyclic) bond motifs is 1. The number of piperazine rings is 1. The highest BCUT2D eigenvalue weighted by Gasteiger charge is 2.62. The molecule has 0 spiro atoms. The maximum atomic E-state index is 12.7. The van der Waals surface area contributed by atoms with Crippen molar-refractivity contribution in [3.8, 4) is 0 Å². The number of rotatable bonds is 5. The zero-order chi connectivity index (χ0) is 20.1. The fraction of sp³-hybridized carbons (Fsp3) is 0.889. The number of carbonyl (C=O) groups is 2. The van der Waals surface area contributed by atoms with E-state index in [0.29, 0.717) is 6.61 Å². The van der Waals surface area contributed by atoms with Crippen LogP contribution in [-0.4, -0.2) is 73.1 Å². The number of nitrogens with one attached hydrogen (secondary N) is 2. The number of amides is 2. The van der Waals surface area contributed by atoms with Gasteiger partial charge >= 0.3 is 0 Å². The van der Waals surface area contributed by atoms with E-state index in [1.165, 1.54) is 0 Å². The third-order valence-corrected chi connectivity index (χ3v) is 10.1. The number of hydrogen-bond donors (Lipinski definition) is 3. The number of aliphatic hydroxyl groups excluding tert-OH is 1. The maximum absolute atomic E-state index is 12.7. The Labute approximate surface area is 158 Å². The summed E-state index contributed by atoms with van der Waals surface area (Å²) in [7, 11) is -1.94. The van der Waals surface area contributed by atoms with Crippen LogP contribution in [0.1, 0.15) is 41.5 Å². The van der Waals surface area contributed by atoms with E-state index >= 15 is 0 Å². The van der Waals surface area contributed by atoms with Crippen LogP contribution in [0.25, 0.3) is 0 Å². The van der Waals surface area contributed by atoms with Crippen LogP contribution in [0.5, 0.6) is 0 Å². The summed E-state index contributed by atoms with van der Waals surface area (Å²) in [6.07, 6.45) is 0. The molecule has 4 atom stereocenters. The van der Waals surface area contributed by atoms with E-state index in [1.807, 2.05) is 20.8 Å². The third-order valence-electron chi connectivity index (χ3n) is 5.64. The molecule has 2 rings (SSSR count). The van der Waals surface area contributed by atoms with E-state index in [-0.39, 0.29) is 41.1 Å². The van der Waals surface area contributed by atoms with Crippen molar-refractivity contribution in [2.75, 3.05) is 13.2 Å². The lowest BCUT2D eigenvalue weighted by Crippen LogP contribution is -2.62. The molecular weight excluding hydrogens is 350 g/mol. The van der Waals surface area contributed by atoms with E-state index in [1.54, 1.807) is 4.90 Å². The van der Waals surface area contributed by atoms with Gasteiger partial charge in [0.15, 0.2) is 8.32 Å². The standard InChI is InChI=1S/C18H35N3O4Si/c1-17(2,3)20-15(23)13-14-12(10-25-26(7,8)18(4,5)6)21(14)16(24)11(9-22)19-13/h11-14,19,22H,9-10H2,1-8H3,(H,20,23)/t11-,12+,13+,14+,21?/m0/s1. The fourth-order valence-corrected chi connectivity index (χ4v) is 4.08. The average Bonchev–Trinajstić information content (AvgIpc) is 3.17. The van der Waals surface area contributed by atoms with Crippen LogP contribution < -0.4 is 10.6 Å². The van der Waals surface area contributed by atoms with Crippen molar-refractivity contribution in [1.29, 1.82) is 0 Å². The lowest BCUT2D eigenvalue weighted by atomic mass is 10.0. The Hall–Kier alpha value is -0.963. The van der Waals surface area contributed by atoms with Crippen molar-refractivity contribution in [2.24, 2.45) is 0 Å². The van der Waals surface area contributed by atoms with Gasteiger partial charge in [0, 0.05) is 5.54 Å². The normalized spacial score (nSPS) is 29.4. The van der Waals surface area contributed by atoms with Gasteiger partial charge in [-0.15, -0.1) is 0 Å². The van der Waals surface area contributed by atoms with Gasteiger partial charge in [0.05, 0.1) is 25.3 Å². The first-order valence-electron chi connectivity index (χ1n) is 9.35. The van der Waals surface area contributed by atoms with Gasteiger partial charge in [0.25, 0.3) is 0 Å². The third kappa shape index (κ3) is 4.29. The van der Waals surface area contributed by atoms with E-state index in [4.69, 9.17) is 4.43 Å². The molecule has 2 aliphatic heterocycles. The molecule has 26 heavy (non-hydrogen) atoms. The first kappa shape index (κ1) is 21.3. The summed E-state index contributed by atoms with van der Waals surface area (Å²) >= 11 is 0. The maximum Gasteiger partial charge on any atom is 0.242 e. The molecular formula is C18H35N3O4Si. The topological polar surface area (TPSA) is 90.7 Å². The van der Waals surface area contributed by atoms with E-state index in [0.717, 1.165) is 0 Å². The lowest BCUT2D eigenvalue weighted by molar-refractivity contribution is -0.134. The molecule has 8 heteroatoms. The summed E-state index contributed by atoms with van der Waals surface area (Å²) in [6.45, 7) is 16.8. The van der Waals surface area contributed by atoms with Gasteiger partial charge in [-0.25, -0.2) is 0 Å². The quantitative estimate of drug-likeness (QED) is 0.482. The molecule has 0 aliphatic carbocycles. The first-order valence-corrected chi connectivity index (χ1v) is 12.3. The molecule has 150 valence electrons. The second-order valence-corrected chi connectivity index (χ2v) is 14.8. The van der Waals surface area contributed by atoms with Crippen molar-refractivity contribution in [1.82, 2.24) is 15.5 Å². The Kier molecular flexibility index (Phi) is 5.65. The summed E-state index contributed by atoms with van der Waals surface area (Å²) in [5.41, 5.74) is -0.359. The minimum absolute atomic E-state index is 0.0846. The van der Waals surface area contributed by atoms with Crippen molar-refractivity contribution < 1.29 is 19.1 Å². The smallest absolute Gasteiger partial charge is 0.242 e. The average molecular weight is 386 g/mol. The molecule has 0 bridgehead atoms. The molecule has 2 amide bonds. The highest BCUT2D eigenvalue weighted by atomic mass is 28.4. The minimum atomic E-state index is -1.94. The van der Waals surface area contributed by atoms with Gasteiger partial charge in [-0.2, -0.15) is 0 Å². The Morgan fingerprint density at radius 3 is 2.31 bits per heavy atom. The predicted octanol–water partition coefficient (Wildman–Crippen LogP) is 0.835. The summed E-state index contributed by atoms with van der Waals surface area (Å²) < 4.78 is 6.28. The monoisotopic (exact) mass is 385 g/mol. The Morgan fingerprint density at radius 1 is 1.27 bits per heavy atom. The Balaban J connectivity index is 2.11. The molecule has 0 unspecified atom stereocenters. The predicted molar refractivity (Wildman–Crippen MR) is 103 cm³/mol. The van der Waals surface area contributed by atoms with E-state index in [9.17, 15) is 14.7 Å². The molecule has 0 saturated carbocycles. The molecule has 2 saturated heterocycles. The summed E-state index contributed by atoms with van der Waals surface area (Å²) in [4.78, 5) is 26.9.